The Balaban J connectivity index is 1.71. The molecule has 7 heteroatoms. The first-order valence-electron chi connectivity index (χ1n) is 7.07. The number of nitrogens with one attached hydrogen (secondary N) is 2. The summed E-state index contributed by atoms with van der Waals surface area (Å²) >= 11 is 0. The third-order valence-corrected chi connectivity index (χ3v) is 4.99. The first-order valence-corrected chi connectivity index (χ1v) is 8.89. The Kier molecular flexibility index (Phi) is 5.04. The molecule has 110 valence electrons. The van der Waals surface area contributed by atoms with Crippen molar-refractivity contribution < 1.29 is 8.42 Å². The summed E-state index contributed by atoms with van der Waals surface area (Å²) in [6.45, 7) is 5.74. The van der Waals surface area contributed by atoms with Gasteiger partial charge in [-0.15, -0.1) is 0 Å². The lowest BCUT2D eigenvalue weighted by atomic mass is 10.4. The summed E-state index contributed by atoms with van der Waals surface area (Å²) in [5, 5.41) is 6.60. The molecule has 1 heterocycles. The zero-order valence-corrected chi connectivity index (χ0v) is 12.4. The van der Waals surface area contributed by atoms with Gasteiger partial charge >= 0.3 is 0 Å². The van der Waals surface area contributed by atoms with Gasteiger partial charge in [0.25, 0.3) is 0 Å². The molecule has 2 rings (SSSR count). The topological polar surface area (TPSA) is 73.8 Å². The highest BCUT2D eigenvalue weighted by atomic mass is 32.2. The lowest BCUT2D eigenvalue weighted by Gasteiger charge is -2.25. The van der Waals surface area contributed by atoms with E-state index < -0.39 is 9.84 Å². The number of hydrogen-bond donors (Lipinski definition) is 2. The Morgan fingerprint density at radius 3 is 2.58 bits per heavy atom. The number of aliphatic imine (C=N–C) groups is 1. The molecule has 1 saturated carbocycles. The van der Waals surface area contributed by atoms with Crippen LogP contribution < -0.4 is 10.6 Å². The standard InChI is InChI=1S/C12H24N4O2S/c1-2-13-12(15-11-3-4-11)14-5-6-16-7-9-19(17,18)10-8-16/h11H,2-10H2,1H3,(H2,13,14,15). The van der Waals surface area contributed by atoms with E-state index in [-0.39, 0.29) is 11.5 Å². The second-order valence-electron chi connectivity index (χ2n) is 5.17. The smallest absolute Gasteiger partial charge is 0.191 e. The molecule has 2 N–H and O–H groups in total. The second-order valence-corrected chi connectivity index (χ2v) is 7.48. The number of rotatable bonds is 5. The van der Waals surface area contributed by atoms with Crippen molar-refractivity contribution in [3.8, 4) is 0 Å². The van der Waals surface area contributed by atoms with Crippen LogP contribution in [0.2, 0.25) is 0 Å². The summed E-state index contributed by atoms with van der Waals surface area (Å²) < 4.78 is 22.6. The highest BCUT2D eigenvalue weighted by Gasteiger charge is 2.23. The van der Waals surface area contributed by atoms with Crippen molar-refractivity contribution in [1.29, 1.82) is 0 Å². The maximum absolute atomic E-state index is 11.3. The van der Waals surface area contributed by atoms with Gasteiger partial charge in [-0.2, -0.15) is 0 Å². The Labute approximate surface area is 115 Å². The molecular weight excluding hydrogens is 264 g/mol. The average molecular weight is 288 g/mol. The minimum Gasteiger partial charge on any atom is -0.357 e. The molecule has 0 spiro atoms. The molecule has 1 aliphatic heterocycles. The van der Waals surface area contributed by atoms with Crippen LogP contribution in [0, 0.1) is 0 Å². The Morgan fingerprint density at radius 2 is 2.00 bits per heavy atom. The molecule has 2 aliphatic rings. The fraction of sp³-hybridized carbons (Fsp3) is 0.917. The molecule has 0 bridgehead atoms. The third kappa shape index (κ3) is 5.36. The molecule has 0 aromatic heterocycles. The van der Waals surface area contributed by atoms with E-state index in [1.54, 1.807) is 0 Å². The van der Waals surface area contributed by atoms with Crippen LogP contribution in [0.1, 0.15) is 19.8 Å². The van der Waals surface area contributed by atoms with Crippen LogP contribution in [0.15, 0.2) is 4.99 Å². The Bertz CT molecular complexity index is 403. The van der Waals surface area contributed by atoms with Crippen molar-refractivity contribution >= 4 is 15.8 Å². The van der Waals surface area contributed by atoms with Gasteiger partial charge in [-0.3, -0.25) is 9.89 Å². The van der Waals surface area contributed by atoms with Crippen molar-refractivity contribution in [2.24, 2.45) is 4.99 Å². The quantitative estimate of drug-likeness (QED) is 0.524. The largest absolute Gasteiger partial charge is 0.357 e. The van der Waals surface area contributed by atoms with E-state index in [2.05, 4.69) is 27.4 Å². The second kappa shape index (κ2) is 6.56. The maximum Gasteiger partial charge on any atom is 0.191 e. The van der Waals surface area contributed by atoms with Crippen LogP contribution in [-0.4, -0.2) is 69.5 Å². The van der Waals surface area contributed by atoms with Crippen molar-refractivity contribution in [2.75, 3.05) is 44.2 Å². The predicted octanol–water partition coefficient (Wildman–Crippen LogP) is -0.566. The lowest BCUT2D eigenvalue weighted by molar-refractivity contribution is 0.304. The molecule has 0 radical (unpaired) electrons. The first kappa shape index (κ1) is 14.6. The van der Waals surface area contributed by atoms with Gasteiger partial charge in [0.05, 0.1) is 18.1 Å². The summed E-state index contributed by atoms with van der Waals surface area (Å²) in [6, 6.07) is 0.595. The number of guanidine groups is 1. The number of hydrogen-bond acceptors (Lipinski definition) is 4. The molecule has 0 amide bonds. The van der Waals surface area contributed by atoms with E-state index in [9.17, 15) is 8.42 Å². The van der Waals surface area contributed by atoms with Gasteiger partial charge in [-0.1, -0.05) is 0 Å². The van der Waals surface area contributed by atoms with E-state index in [0.717, 1.165) is 19.0 Å². The molecule has 6 nitrogen and oxygen atoms in total. The highest BCUT2D eigenvalue weighted by Crippen LogP contribution is 2.18. The maximum atomic E-state index is 11.3. The van der Waals surface area contributed by atoms with E-state index in [1.807, 2.05) is 0 Å². The minimum absolute atomic E-state index is 0.289. The monoisotopic (exact) mass is 288 g/mol. The van der Waals surface area contributed by atoms with Gasteiger partial charge in [-0.25, -0.2) is 8.42 Å². The van der Waals surface area contributed by atoms with Crippen molar-refractivity contribution in [3.63, 3.8) is 0 Å². The summed E-state index contributed by atoms with van der Waals surface area (Å²) in [6.07, 6.45) is 2.46. The van der Waals surface area contributed by atoms with Crippen molar-refractivity contribution in [1.82, 2.24) is 15.5 Å². The van der Waals surface area contributed by atoms with Gasteiger partial charge in [0.1, 0.15) is 0 Å². The lowest BCUT2D eigenvalue weighted by Crippen LogP contribution is -2.42. The molecule has 0 aromatic carbocycles. The van der Waals surface area contributed by atoms with E-state index in [0.29, 0.717) is 25.7 Å². The van der Waals surface area contributed by atoms with Gasteiger partial charge in [0.2, 0.25) is 0 Å². The van der Waals surface area contributed by atoms with Crippen molar-refractivity contribution in [2.45, 2.75) is 25.8 Å². The highest BCUT2D eigenvalue weighted by molar-refractivity contribution is 7.91. The summed E-state index contributed by atoms with van der Waals surface area (Å²) in [5.74, 6) is 1.46. The fourth-order valence-electron chi connectivity index (χ4n) is 2.02. The number of sulfone groups is 1. The van der Waals surface area contributed by atoms with Crippen molar-refractivity contribution in [3.05, 3.63) is 0 Å². The van der Waals surface area contributed by atoms with Crippen LogP contribution in [0.5, 0.6) is 0 Å². The Morgan fingerprint density at radius 1 is 1.32 bits per heavy atom. The molecule has 1 aliphatic carbocycles. The van der Waals surface area contributed by atoms with Crippen LogP contribution in [-0.2, 0) is 9.84 Å². The van der Waals surface area contributed by atoms with Crippen LogP contribution in [0.3, 0.4) is 0 Å². The average Bonchev–Trinajstić information content (AvgIpc) is 3.15. The predicted molar refractivity (Wildman–Crippen MR) is 77.2 cm³/mol. The van der Waals surface area contributed by atoms with Gasteiger partial charge in [0, 0.05) is 32.2 Å². The molecule has 0 aromatic rings. The Hall–Kier alpha value is -0.820. The van der Waals surface area contributed by atoms with Crippen LogP contribution in [0.25, 0.3) is 0 Å². The molecule has 0 atom stereocenters. The third-order valence-electron chi connectivity index (χ3n) is 3.39. The summed E-state index contributed by atoms with van der Waals surface area (Å²) in [7, 11) is -2.78. The van der Waals surface area contributed by atoms with Gasteiger partial charge < -0.3 is 10.6 Å². The zero-order valence-electron chi connectivity index (χ0n) is 11.6. The SMILES string of the molecule is CCNC(=NCCN1CCS(=O)(=O)CC1)NC1CC1. The van der Waals surface area contributed by atoms with E-state index in [1.165, 1.54) is 12.8 Å². The zero-order chi connectivity index (χ0) is 13.7. The van der Waals surface area contributed by atoms with E-state index in [4.69, 9.17) is 0 Å². The minimum atomic E-state index is -2.78. The fourth-order valence-corrected chi connectivity index (χ4v) is 3.29. The van der Waals surface area contributed by atoms with Crippen LogP contribution in [0.4, 0.5) is 0 Å². The molecule has 0 unspecified atom stereocenters. The first-order chi connectivity index (χ1) is 9.09. The molecule has 19 heavy (non-hydrogen) atoms. The normalized spacial score (nSPS) is 24.2. The van der Waals surface area contributed by atoms with Crippen LogP contribution >= 0.6 is 0 Å². The number of nitrogens with zero attached hydrogens (tertiary/aromatic N) is 2. The summed E-state index contributed by atoms with van der Waals surface area (Å²) in [4.78, 5) is 6.70. The molecule has 2 fully saturated rings. The van der Waals surface area contributed by atoms with E-state index >= 15 is 0 Å². The summed E-state index contributed by atoms with van der Waals surface area (Å²) in [5.41, 5.74) is 0. The van der Waals surface area contributed by atoms with Gasteiger partial charge in [-0.05, 0) is 19.8 Å². The molecule has 1 saturated heterocycles. The van der Waals surface area contributed by atoms with Gasteiger partial charge in [0.15, 0.2) is 15.8 Å². The molecular formula is C12H24N4O2S.